The number of likely N-dealkylation sites (N-methyl/N-ethyl adjacent to an activating group) is 1. The standard InChI is InChI=1S/C12H18BrN3/c1-16-7-3-2-4-11(16)9-14-10-5-6-12(13)15-8-10/h5-6,8,11,14H,2-4,7,9H2,1H3. The van der Waals surface area contributed by atoms with E-state index in [1.807, 2.05) is 12.3 Å². The molecule has 0 bridgehead atoms. The molecule has 1 atom stereocenters. The molecule has 0 aliphatic carbocycles. The van der Waals surface area contributed by atoms with Gasteiger partial charge in [0.1, 0.15) is 4.60 Å². The van der Waals surface area contributed by atoms with E-state index in [2.05, 4.69) is 44.2 Å². The summed E-state index contributed by atoms with van der Waals surface area (Å²) in [6.45, 7) is 2.24. The highest BCUT2D eigenvalue weighted by atomic mass is 79.9. The molecule has 2 heterocycles. The predicted octanol–water partition coefficient (Wildman–Crippen LogP) is 2.74. The highest BCUT2D eigenvalue weighted by molar-refractivity contribution is 9.10. The summed E-state index contributed by atoms with van der Waals surface area (Å²) in [6, 6.07) is 4.68. The van der Waals surface area contributed by atoms with E-state index in [0.717, 1.165) is 16.8 Å². The molecule has 0 radical (unpaired) electrons. The van der Waals surface area contributed by atoms with E-state index >= 15 is 0 Å². The third-order valence-corrected chi connectivity index (χ3v) is 3.66. The van der Waals surface area contributed by atoms with Gasteiger partial charge in [-0.3, -0.25) is 0 Å². The quantitative estimate of drug-likeness (QED) is 0.865. The molecule has 1 fully saturated rings. The maximum atomic E-state index is 4.20. The van der Waals surface area contributed by atoms with Crippen LogP contribution < -0.4 is 5.32 Å². The lowest BCUT2D eigenvalue weighted by Gasteiger charge is -2.32. The van der Waals surface area contributed by atoms with E-state index in [4.69, 9.17) is 0 Å². The van der Waals surface area contributed by atoms with Crippen molar-refractivity contribution in [3.8, 4) is 0 Å². The second-order valence-electron chi connectivity index (χ2n) is 4.38. The largest absolute Gasteiger partial charge is 0.382 e. The zero-order valence-electron chi connectivity index (χ0n) is 9.62. The Balaban J connectivity index is 1.84. The monoisotopic (exact) mass is 283 g/mol. The van der Waals surface area contributed by atoms with Crippen LogP contribution in [0.5, 0.6) is 0 Å². The van der Waals surface area contributed by atoms with Gasteiger partial charge in [-0.05, 0) is 54.5 Å². The molecule has 1 aromatic rings. The van der Waals surface area contributed by atoms with Crippen LogP contribution in [-0.4, -0.2) is 36.1 Å². The van der Waals surface area contributed by atoms with Gasteiger partial charge < -0.3 is 10.2 Å². The number of aromatic nitrogens is 1. The number of hydrogen-bond acceptors (Lipinski definition) is 3. The number of anilines is 1. The molecule has 0 spiro atoms. The molecule has 88 valence electrons. The van der Waals surface area contributed by atoms with Crippen LogP contribution in [0.4, 0.5) is 5.69 Å². The molecule has 3 nitrogen and oxygen atoms in total. The number of nitrogens with one attached hydrogen (secondary N) is 1. The summed E-state index contributed by atoms with van der Waals surface area (Å²) in [6.07, 6.45) is 5.86. The zero-order chi connectivity index (χ0) is 11.4. The van der Waals surface area contributed by atoms with Gasteiger partial charge in [0.2, 0.25) is 0 Å². The van der Waals surface area contributed by atoms with Gasteiger partial charge in [0.15, 0.2) is 0 Å². The minimum absolute atomic E-state index is 0.664. The van der Waals surface area contributed by atoms with Crippen LogP contribution in [0.25, 0.3) is 0 Å². The SMILES string of the molecule is CN1CCCCC1CNc1ccc(Br)nc1. The fourth-order valence-electron chi connectivity index (χ4n) is 2.12. The van der Waals surface area contributed by atoms with Crippen molar-refractivity contribution in [3.05, 3.63) is 22.9 Å². The van der Waals surface area contributed by atoms with Gasteiger partial charge >= 0.3 is 0 Å². The second kappa shape index (κ2) is 5.64. The molecule has 1 saturated heterocycles. The van der Waals surface area contributed by atoms with Crippen LogP contribution in [0.2, 0.25) is 0 Å². The first-order chi connectivity index (χ1) is 7.75. The van der Waals surface area contributed by atoms with Crippen molar-refractivity contribution in [3.63, 3.8) is 0 Å². The number of nitrogens with zero attached hydrogens (tertiary/aromatic N) is 2. The first-order valence-corrected chi connectivity index (χ1v) is 6.60. The molecule has 2 rings (SSSR count). The third-order valence-electron chi connectivity index (χ3n) is 3.19. The molecule has 1 N–H and O–H groups in total. The summed E-state index contributed by atoms with van der Waals surface area (Å²) in [5, 5.41) is 3.45. The maximum absolute atomic E-state index is 4.20. The number of pyridine rings is 1. The van der Waals surface area contributed by atoms with E-state index in [1.54, 1.807) is 0 Å². The molecule has 1 aliphatic heterocycles. The van der Waals surface area contributed by atoms with Crippen LogP contribution in [0, 0.1) is 0 Å². The summed E-state index contributed by atoms with van der Waals surface area (Å²) in [5.74, 6) is 0. The van der Waals surface area contributed by atoms with Crippen LogP contribution in [-0.2, 0) is 0 Å². The van der Waals surface area contributed by atoms with Gasteiger partial charge in [0.05, 0.1) is 11.9 Å². The minimum atomic E-state index is 0.664. The lowest BCUT2D eigenvalue weighted by atomic mass is 10.0. The number of piperidine rings is 1. The van der Waals surface area contributed by atoms with Crippen molar-refractivity contribution in [1.29, 1.82) is 0 Å². The summed E-state index contributed by atoms with van der Waals surface area (Å²) in [7, 11) is 2.21. The second-order valence-corrected chi connectivity index (χ2v) is 5.19. The van der Waals surface area contributed by atoms with Gasteiger partial charge in [-0.2, -0.15) is 0 Å². The maximum Gasteiger partial charge on any atom is 0.106 e. The van der Waals surface area contributed by atoms with Crippen LogP contribution >= 0.6 is 15.9 Å². The molecular weight excluding hydrogens is 266 g/mol. The van der Waals surface area contributed by atoms with Crippen LogP contribution in [0.3, 0.4) is 0 Å². The highest BCUT2D eigenvalue weighted by Crippen LogP contribution is 2.16. The summed E-state index contributed by atoms with van der Waals surface area (Å²) >= 11 is 3.34. The normalized spacial score (nSPS) is 22.0. The fourth-order valence-corrected chi connectivity index (χ4v) is 2.35. The van der Waals surface area contributed by atoms with Crippen molar-refractivity contribution >= 4 is 21.6 Å². The number of hydrogen-bond donors (Lipinski definition) is 1. The van der Waals surface area contributed by atoms with Crippen LogP contribution in [0.1, 0.15) is 19.3 Å². The minimum Gasteiger partial charge on any atom is -0.382 e. The first kappa shape index (κ1) is 11.9. The fraction of sp³-hybridized carbons (Fsp3) is 0.583. The molecule has 0 amide bonds. The Labute approximate surface area is 105 Å². The van der Waals surface area contributed by atoms with Gasteiger partial charge in [0.25, 0.3) is 0 Å². The number of likely N-dealkylation sites (tertiary alicyclic amines) is 1. The molecule has 0 saturated carbocycles. The average molecular weight is 284 g/mol. The summed E-state index contributed by atoms with van der Waals surface area (Å²) in [4.78, 5) is 6.65. The lowest BCUT2D eigenvalue weighted by molar-refractivity contribution is 0.194. The summed E-state index contributed by atoms with van der Waals surface area (Å²) < 4.78 is 0.882. The Morgan fingerprint density at radius 1 is 1.50 bits per heavy atom. The first-order valence-electron chi connectivity index (χ1n) is 5.81. The van der Waals surface area contributed by atoms with Crippen molar-refractivity contribution < 1.29 is 0 Å². The number of halogens is 1. The van der Waals surface area contributed by atoms with Crippen LogP contribution in [0.15, 0.2) is 22.9 Å². The molecule has 0 aromatic carbocycles. The highest BCUT2D eigenvalue weighted by Gasteiger charge is 2.18. The average Bonchev–Trinajstić information content (AvgIpc) is 2.30. The van der Waals surface area contributed by atoms with E-state index in [0.29, 0.717) is 6.04 Å². The zero-order valence-corrected chi connectivity index (χ0v) is 11.2. The Morgan fingerprint density at radius 3 is 3.06 bits per heavy atom. The van der Waals surface area contributed by atoms with Gasteiger partial charge in [-0.1, -0.05) is 6.42 Å². The molecule has 16 heavy (non-hydrogen) atoms. The molecule has 1 aliphatic rings. The van der Waals surface area contributed by atoms with Crippen molar-refractivity contribution in [1.82, 2.24) is 9.88 Å². The van der Waals surface area contributed by atoms with Crippen molar-refractivity contribution in [2.24, 2.45) is 0 Å². The molecule has 1 aromatic heterocycles. The van der Waals surface area contributed by atoms with Gasteiger partial charge in [-0.15, -0.1) is 0 Å². The smallest absolute Gasteiger partial charge is 0.106 e. The Bertz CT molecular complexity index is 326. The Morgan fingerprint density at radius 2 is 2.38 bits per heavy atom. The third kappa shape index (κ3) is 3.19. The van der Waals surface area contributed by atoms with Gasteiger partial charge in [-0.25, -0.2) is 4.98 Å². The predicted molar refractivity (Wildman–Crippen MR) is 70.7 cm³/mol. The van der Waals surface area contributed by atoms with E-state index in [-0.39, 0.29) is 0 Å². The molecule has 4 heteroatoms. The topological polar surface area (TPSA) is 28.2 Å². The Kier molecular flexibility index (Phi) is 4.18. The summed E-state index contributed by atoms with van der Waals surface area (Å²) in [5.41, 5.74) is 1.10. The van der Waals surface area contributed by atoms with E-state index < -0.39 is 0 Å². The van der Waals surface area contributed by atoms with Gasteiger partial charge in [0, 0.05) is 12.6 Å². The lowest BCUT2D eigenvalue weighted by Crippen LogP contribution is -2.40. The molecule has 1 unspecified atom stereocenters. The molecular formula is C12H18BrN3. The Hall–Kier alpha value is -0.610. The van der Waals surface area contributed by atoms with Crippen molar-refractivity contribution in [2.45, 2.75) is 25.3 Å². The number of rotatable bonds is 3. The van der Waals surface area contributed by atoms with E-state index in [1.165, 1.54) is 25.8 Å². The van der Waals surface area contributed by atoms with E-state index in [9.17, 15) is 0 Å². The van der Waals surface area contributed by atoms with Crippen molar-refractivity contribution in [2.75, 3.05) is 25.5 Å².